The second-order valence-electron chi connectivity index (χ2n) is 3.87. The average molecular weight is 217 g/mol. The number of nitrogens with zero attached hydrogens (tertiary/aromatic N) is 1. The van der Waals surface area contributed by atoms with Gasteiger partial charge in [0.25, 0.3) is 5.91 Å². The van der Waals surface area contributed by atoms with Crippen LogP contribution in [-0.2, 0) is 0 Å². The van der Waals surface area contributed by atoms with Gasteiger partial charge in [-0.3, -0.25) is 4.79 Å². The highest BCUT2D eigenvalue weighted by Crippen LogP contribution is 2.15. The first kappa shape index (κ1) is 10.7. The van der Waals surface area contributed by atoms with Gasteiger partial charge in [-0.1, -0.05) is 5.92 Å². The van der Waals surface area contributed by atoms with Gasteiger partial charge < -0.3 is 4.90 Å². The number of carbonyl (C=O) groups excluding carboxylic acids is 1. The Hall–Kier alpha value is -1.82. The quantitative estimate of drug-likeness (QED) is 0.659. The summed E-state index contributed by atoms with van der Waals surface area (Å²) in [5.41, 5.74) is 0.748. The molecule has 2 nitrogen and oxygen atoms in total. The molecule has 1 aromatic carbocycles. The smallest absolute Gasteiger partial charge is 0.253 e. The summed E-state index contributed by atoms with van der Waals surface area (Å²) < 4.78 is 13.2. The number of hydrogen-bond acceptors (Lipinski definition) is 1. The molecule has 0 aromatic heterocycles. The van der Waals surface area contributed by atoms with Gasteiger partial charge in [-0.25, -0.2) is 4.39 Å². The van der Waals surface area contributed by atoms with E-state index in [1.807, 2.05) is 0 Å². The van der Waals surface area contributed by atoms with Crippen molar-refractivity contribution in [2.75, 3.05) is 13.1 Å². The van der Waals surface area contributed by atoms with Crippen molar-refractivity contribution in [2.45, 2.75) is 12.8 Å². The lowest BCUT2D eigenvalue weighted by atomic mass is 10.1. The molecule has 3 heteroatoms. The van der Waals surface area contributed by atoms with E-state index in [2.05, 4.69) is 5.92 Å². The van der Waals surface area contributed by atoms with Gasteiger partial charge in [0, 0.05) is 24.2 Å². The van der Waals surface area contributed by atoms with Crippen molar-refractivity contribution in [1.82, 2.24) is 4.90 Å². The molecule has 1 heterocycles. The number of amides is 1. The van der Waals surface area contributed by atoms with Crippen molar-refractivity contribution in [2.24, 2.45) is 0 Å². The van der Waals surface area contributed by atoms with Crippen LogP contribution < -0.4 is 0 Å². The van der Waals surface area contributed by atoms with E-state index in [1.54, 1.807) is 11.0 Å². The molecule has 0 unspecified atom stereocenters. The van der Waals surface area contributed by atoms with Crippen molar-refractivity contribution in [3.05, 3.63) is 35.1 Å². The third kappa shape index (κ3) is 2.06. The number of terminal acetylenes is 1. The van der Waals surface area contributed by atoms with Crippen LogP contribution in [0.4, 0.5) is 4.39 Å². The van der Waals surface area contributed by atoms with Gasteiger partial charge >= 0.3 is 0 Å². The van der Waals surface area contributed by atoms with E-state index in [0.29, 0.717) is 11.1 Å². The van der Waals surface area contributed by atoms with Crippen LogP contribution >= 0.6 is 0 Å². The van der Waals surface area contributed by atoms with Gasteiger partial charge in [-0.05, 0) is 31.0 Å². The van der Waals surface area contributed by atoms with Gasteiger partial charge in [0.15, 0.2) is 0 Å². The zero-order valence-corrected chi connectivity index (χ0v) is 8.87. The SMILES string of the molecule is C#Cc1cc(F)cc(C(=O)N2CCCC2)c1. The fraction of sp³-hybridized carbons (Fsp3) is 0.308. The van der Waals surface area contributed by atoms with Gasteiger partial charge in [-0.15, -0.1) is 6.42 Å². The Morgan fingerprint density at radius 1 is 1.31 bits per heavy atom. The number of hydrogen-bond donors (Lipinski definition) is 0. The second-order valence-corrected chi connectivity index (χ2v) is 3.87. The topological polar surface area (TPSA) is 20.3 Å². The van der Waals surface area contributed by atoms with E-state index in [-0.39, 0.29) is 5.91 Å². The summed E-state index contributed by atoms with van der Waals surface area (Å²) >= 11 is 0. The van der Waals surface area contributed by atoms with Gasteiger partial charge in [0.2, 0.25) is 0 Å². The lowest BCUT2D eigenvalue weighted by molar-refractivity contribution is 0.0792. The van der Waals surface area contributed by atoms with Crippen LogP contribution in [0.15, 0.2) is 18.2 Å². The molecule has 0 N–H and O–H groups in total. The molecular weight excluding hydrogens is 205 g/mol. The summed E-state index contributed by atoms with van der Waals surface area (Å²) in [6.45, 7) is 1.50. The summed E-state index contributed by atoms with van der Waals surface area (Å²) in [7, 11) is 0. The molecule has 82 valence electrons. The number of carbonyl (C=O) groups is 1. The van der Waals surface area contributed by atoms with Crippen molar-refractivity contribution < 1.29 is 9.18 Å². The van der Waals surface area contributed by atoms with Crippen LogP contribution in [-0.4, -0.2) is 23.9 Å². The molecule has 0 aliphatic carbocycles. The Morgan fingerprint density at radius 3 is 2.62 bits per heavy atom. The maximum atomic E-state index is 13.2. The third-order valence-corrected chi connectivity index (χ3v) is 2.70. The molecule has 1 aliphatic rings. The molecule has 1 aliphatic heterocycles. The van der Waals surface area contributed by atoms with Crippen molar-refractivity contribution in [3.63, 3.8) is 0 Å². The highest BCUT2D eigenvalue weighted by atomic mass is 19.1. The van der Waals surface area contributed by atoms with Gasteiger partial charge in [0.1, 0.15) is 5.82 Å². The molecule has 1 saturated heterocycles. The largest absolute Gasteiger partial charge is 0.339 e. The van der Waals surface area contributed by atoms with Crippen LogP contribution in [0.2, 0.25) is 0 Å². The molecule has 2 rings (SSSR count). The Morgan fingerprint density at radius 2 is 2.00 bits per heavy atom. The van der Waals surface area contributed by atoms with Gasteiger partial charge in [0.05, 0.1) is 0 Å². The first-order valence-electron chi connectivity index (χ1n) is 5.27. The molecule has 0 radical (unpaired) electrons. The molecule has 16 heavy (non-hydrogen) atoms. The molecule has 1 amide bonds. The first-order valence-corrected chi connectivity index (χ1v) is 5.27. The lowest BCUT2D eigenvalue weighted by Crippen LogP contribution is -2.27. The monoisotopic (exact) mass is 217 g/mol. The summed E-state index contributed by atoms with van der Waals surface area (Å²) in [6, 6.07) is 4.05. The minimum atomic E-state index is -0.460. The van der Waals surface area contributed by atoms with E-state index in [0.717, 1.165) is 25.9 Å². The van der Waals surface area contributed by atoms with Gasteiger partial charge in [-0.2, -0.15) is 0 Å². The van der Waals surface area contributed by atoms with E-state index in [9.17, 15) is 9.18 Å². The number of rotatable bonds is 1. The fourth-order valence-corrected chi connectivity index (χ4v) is 1.90. The predicted octanol–water partition coefficient (Wildman–Crippen LogP) is 2.04. The number of likely N-dealkylation sites (tertiary alicyclic amines) is 1. The minimum Gasteiger partial charge on any atom is -0.339 e. The first-order chi connectivity index (χ1) is 7.70. The number of halogens is 1. The highest BCUT2D eigenvalue weighted by Gasteiger charge is 2.20. The summed E-state index contributed by atoms with van der Waals surface area (Å²) in [5.74, 6) is 1.75. The number of benzene rings is 1. The molecule has 1 fully saturated rings. The third-order valence-electron chi connectivity index (χ3n) is 2.70. The standard InChI is InChI=1S/C13H12FNO/c1-2-10-7-11(9-12(14)8-10)13(16)15-5-3-4-6-15/h1,7-9H,3-6H2. The zero-order chi connectivity index (χ0) is 11.5. The summed E-state index contributed by atoms with van der Waals surface area (Å²) in [5, 5.41) is 0. The Kier molecular flexibility index (Phi) is 2.91. The van der Waals surface area contributed by atoms with Crippen LogP contribution in [0.25, 0.3) is 0 Å². The molecule has 1 aromatic rings. The van der Waals surface area contributed by atoms with Crippen LogP contribution in [0.1, 0.15) is 28.8 Å². The van der Waals surface area contributed by atoms with E-state index < -0.39 is 5.82 Å². The predicted molar refractivity (Wildman–Crippen MR) is 59.5 cm³/mol. The van der Waals surface area contributed by atoms with Crippen molar-refractivity contribution in [1.29, 1.82) is 0 Å². The van der Waals surface area contributed by atoms with Crippen molar-refractivity contribution in [3.8, 4) is 12.3 Å². The Labute approximate surface area is 94.1 Å². The molecule has 0 saturated carbocycles. The van der Waals surface area contributed by atoms with Crippen molar-refractivity contribution >= 4 is 5.91 Å². The van der Waals surface area contributed by atoms with E-state index in [4.69, 9.17) is 6.42 Å². The zero-order valence-electron chi connectivity index (χ0n) is 8.87. The molecule has 0 bridgehead atoms. The Bertz CT molecular complexity index is 455. The normalized spacial score (nSPS) is 14.9. The maximum Gasteiger partial charge on any atom is 0.253 e. The fourth-order valence-electron chi connectivity index (χ4n) is 1.90. The average Bonchev–Trinajstić information content (AvgIpc) is 2.80. The van der Waals surface area contributed by atoms with E-state index in [1.165, 1.54) is 12.1 Å². The Balaban J connectivity index is 2.29. The second kappa shape index (κ2) is 4.36. The van der Waals surface area contributed by atoms with Crippen LogP contribution in [0.3, 0.4) is 0 Å². The minimum absolute atomic E-state index is 0.131. The molecular formula is C13H12FNO. The summed E-state index contributed by atoms with van der Waals surface area (Å²) in [4.78, 5) is 13.7. The van der Waals surface area contributed by atoms with Crippen LogP contribution in [0.5, 0.6) is 0 Å². The van der Waals surface area contributed by atoms with E-state index >= 15 is 0 Å². The highest BCUT2D eigenvalue weighted by molar-refractivity contribution is 5.94. The summed E-state index contributed by atoms with van der Waals surface area (Å²) in [6.07, 6.45) is 7.23. The molecule has 0 spiro atoms. The van der Waals surface area contributed by atoms with Crippen LogP contribution in [0, 0.1) is 18.2 Å². The molecule has 0 atom stereocenters. The maximum absolute atomic E-state index is 13.2. The lowest BCUT2D eigenvalue weighted by Gasteiger charge is -2.15.